The lowest BCUT2D eigenvalue weighted by molar-refractivity contribution is -0.142. The van der Waals surface area contributed by atoms with Crippen molar-refractivity contribution in [2.75, 3.05) is 0 Å². The van der Waals surface area contributed by atoms with Crippen molar-refractivity contribution in [1.29, 1.82) is 0 Å². The highest BCUT2D eigenvalue weighted by atomic mass is 19.2. The second-order valence-corrected chi connectivity index (χ2v) is 6.37. The van der Waals surface area contributed by atoms with E-state index < -0.39 is 58.5 Å². The number of hydrogen-bond acceptors (Lipinski definition) is 3. The van der Waals surface area contributed by atoms with Crippen LogP contribution in [0, 0.1) is 40.8 Å². The molecule has 0 radical (unpaired) electrons. The smallest absolute Gasteiger partial charge is 0.315 e. The lowest BCUT2D eigenvalue weighted by Crippen LogP contribution is -2.33. The molecule has 1 fully saturated rings. The predicted molar refractivity (Wildman–Crippen MR) is 83.4 cm³/mol. The van der Waals surface area contributed by atoms with Crippen LogP contribution in [0.5, 0.6) is 5.75 Å². The van der Waals surface area contributed by atoms with E-state index in [1.165, 1.54) is 12.1 Å². The maximum atomic E-state index is 13.8. The van der Waals surface area contributed by atoms with Gasteiger partial charge in [-0.2, -0.15) is 8.78 Å². The van der Waals surface area contributed by atoms with Crippen molar-refractivity contribution in [2.45, 2.75) is 25.2 Å². The van der Waals surface area contributed by atoms with Crippen LogP contribution in [-0.2, 0) is 9.59 Å². The van der Waals surface area contributed by atoms with Crippen molar-refractivity contribution in [1.82, 2.24) is 0 Å². The molecule has 9 heteroatoms. The van der Waals surface area contributed by atoms with Crippen LogP contribution in [0.3, 0.4) is 0 Å². The minimum Gasteiger partial charge on any atom is -0.420 e. The van der Waals surface area contributed by atoms with Crippen LogP contribution in [-0.4, -0.2) is 11.8 Å². The molecule has 0 saturated heterocycles. The zero-order chi connectivity index (χ0) is 20.6. The van der Waals surface area contributed by atoms with Gasteiger partial charge in [-0.25, -0.2) is 17.6 Å². The van der Waals surface area contributed by atoms with Crippen molar-refractivity contribution >= 4 is 11.8 Å². The fourth-order valence-corrected chi connectivity index (χ4v) is 3.23. The maximum absolute atomic E-state index is 13.8. The van der Waals surface area contributed by atoms with Crippen LogP contribution in [0.4, 0.5) is 26.3 Å². The third-order valence-electron chi connectivity index (χ3n) is 4.62. The number of benzene rings is 2. The van der Waals surface area contributed by atoms with Crippen molar-refractivity contribution in [3.63, 3.8) is 0 Å². The van der Waals surface area contributed by atoms with Crippen molar-refractivity contribution in [3.8, 4) is 5.75 Å². The van der Waals surface area contributed by atoms with Gasteiger partial charge in [0.15, 0.2) is 0 Å². The summed E-state index contributed by atoms with van der Waals surface area (Å²) in [6.07, 6.45) is -0.267. The van der Waals surface area contributed by atoms with Gasteiger partial charge in [0, 0.05) is 18.8 Å². The summed E-state index contributed by atoms with van der Waals surface area (Å²) in [6, 6.07) is 5.07. The van der Waals surface area contributed by atoms with E-state index in [0.29, 0.717) is 0 Å². The Morgan fingerprint density at radius 2 is 1.54 bits per heavy atom. The van der Waals surface area contributed by atoms with Crippen molar-refractivity contribution in [2.24, 2.45) is 5.92 Å². The Kier molecular flexibility index (Phi) is 5.44. The van der Waals surface area contributed by atoms with E-state index in [0.717, 1.165) is 12.1 Å². The van der Waals surface area contributed by atoms with Gasteiger partial charge in [0.05, 0.1) is 5.92 Å². The van der Waals surface area contributed by atoms with Crippen LogP contribution in [0.1, 0.15) is 30.7 Å². The molecule has 2 aromatic carbocycles. The normalized spacial score (nSPS) is 19.6. The first-order valence-corrected chi connectivity index (χ1v) is 8.21. The Balaban J connectivity index is 1.94. The molecule has 3 rings (SSSR count). The van der Waals surface area contributed by atoms with Gasteiger partial charge >= 0.3 is 5.97 Å². The molecule has 0 bridgehead atoms. The van der Waals surface area contributed by atoms with Crippen LogP contribution < -0.4 is 4.74 Å². The number of ether oxygens (including phenoxy) is 1. The summed E-state index contributed by atoms with van der Waals surface area (Å²) in [5.41, 5.74) is 0.285. The molecule has 1 saturated carbocycles. The highest BCUT2D eigenvalue weighted by Gasteiger charge is 2.38. The lowest BCUT2D eigenvalue weighted by Gasteiger charge is -2.29. The Hall–Kier alpha value is -2.84. The maximum Gasteiger partial charge on any atom is 0.315 e. The number of esters is 1. The molecule has 0 spiro atoms. The highest BCUT2D eigenvalue weighted by molar-refractivity contribution is 5.85. The summed E-state index contributed by atoms with van der Waals surface area (Å²) in [5.74, 6) is -17.2. The average Bonchev–Trinajstić information content (AvgIpc) is 2.68. The van der Waals surface area contributed by atoms with E-state index in [4.69, 9.17) is 0 Å². The first-order valence-electron chi connectivity index (χ1n) is 8.21. The van der Waals surface area contributed by atoms with Crippen LogP contribution in [0.25, 0.3) is 0 Å². The van der Waals surface area contributed by atoms with Gasteiger partial charge < -0.3 is 4.74 Å². The number of carbonyl (C=O) groups excluding carboxylic acids is 2. The third-order valence-corrected chi connectivity index (χ3v) is 4.62. The number of Topliss-reactive ketones (excluding diaryl/α,β-unsaturated/α-hetero) is 1. The molecule has 2 aromatic rings. The summed E-state index contributed by atoms with van der Waals surface area (Å²) >= 11 is 0. The monoisotopic (exact) mass is 402 g/mol. The van der Waals surface area contributed by atoms with E-state index in [1.54, 1.807) is 0 Å². The van der Waals surface area contributed by atoms with Crippen molar-refractivity contribution < 1.29 is 40.7 Å². The summed E-state index contributed by atoms with van der Waals surface area (Å²) in [6.45, 7) is 0. The van der Waals surface area contributed by atoms with Gasteiger partial charge in [-0.05, 0) is 24.1 Å². The van der Waals surface area contributed by atoms with Crippen molar-refractivity contribution in [3.05, 3.63) is 64.7 Å². The molecule has 0 aliphatic heterocycles. The highest BCUT2D eigenvalue weighted by Crippen LogP contribution is 2.38. The molecule has 148 valence electrons. The van der Waals surface area contributed by atoms with Crippen LogP contribution in [0.2, 0.25) is 0 Å². The Morgan fingerprint density at radius 3 is 2.14 bits per heavy atom. The molecule has 0 unspecified atom stereocenters. The largest absolute Gasteiger partial charge is 0.420 e. The molecule has 0 heterocycles. The Morgan fingerprint density at radius 1 is 0.929 bits per heavy atom. The van der Waals surface area contributed by atoms with Gasteiger partial charge in [-0.15, -0.1) is 0 Å². The van der Waals surface area contributed by atoms with E-state index in [1.807, 2.05) is 0 Å². The Labute approximate surface area is 154 Å². The average molecular weight is 402 g/mol. The Bertz CT molecular complexity index is 930. The second kappa shape index (κ2) is 7.65. The topological polar surface area (TPSA) is 43.4 Å². The summed E-state index contributed by atoms with van der Waals surface area (Å²) < 4.78 is 85.2. The molecule has 28 heavy (non-hydrogen) atoms. The molecular formula is C19H12F6O3. The quantitative estimate of drug-likeness (QED) is 0.248. The number of rotatable bonds is 3. The fraction of sp³-hybridized carbons (Fsp3) is 0.263. The van der Waals surface area contributed by atoms with E-state index in [2.05, 4.69) is 4.74 Å². The van der Waals surface area contributed by atoms with Gasteiger partial charge in [0.1, 0.15) is 11.6 Å². The number of halogens is 6. The SMILES string of the molecule is O=C1CC[C@@H](C(=O)Oc2c(F)c(F)c(F)c(F)c2F)[C@H](c2cccc(F)c2)C1. The van der Waals surface area contributed by atoms with Gasteiger partial charge in [0.25, 0.3) is 0 Å². The summed E-state index contributed by atoms with van der Waals surface area (Å²) in [5, 5.41) is 0. The molecule has 3 nitrogen and oxygen atoms in total. The van der Waals surface area contributed by atoms with Gasteiger partial charge in [-0.3, -0.25) is 9.59 Å². The van der Waals surface area contributed by atoms with Gasteiger partial charge in [-0.1, -0.05) is 12.1 Å². The summed E-state index contributed by atoms with van der Waals surface area (Å²) in [7, 11) is 0. The molecule has 2 atom stereocenters. The lowest BCUT2D eigenvalue weighted by atomic mass is 9.75. The summed E-state index contributed by atoms with van der Waals surface area (Å²) in [4.78, 5) is 24.2. The number of ketones is 1. The minimum atomic E-state index is -2.38. The first-order chi connectivity index (χ1) is 13.2. The standard InChI is InChI=1S/C19H12F6O3/c20-9-3-1-2-8(6-9)12-7-10(26)4-5-11(12)19(27)28-18-16(24)14(22)13(21)15(23)17(18)25/h1-3,6,11-12H,4-5,7H2/t11-,12+/m1/s1. The minimum absolute atomic E-state index is 0.0390. The van der Waals surface area contributed by atoms with Gasteiger partial charge in [0.2, 0.25) is 34.8 Å². The molecule has 1 aliphatic rings. The zero-order valence-corrected chi connectivity index (χ0v) is 14.1. The molecular weight excluding hydrogens is 390 g/mol. The molecule has 0 N–H and O–H groups in total. The second-order valence-electron chi connectivity index (χ2n) is 6.37. The first kappa shape index (κ1) is 19.9. The van der Waals surface area contributed by atoms with E-state index in [-0.39, 0.29) is 30.6 Å². The molecule has 0 aromatic heterocycles. The molecule has 1 aliphatic carbocycles. The van der Waals surface area contributed by atoms with Crippen LogP contribution in [0.15, 0.2) is 24.3 Å². The van der Waals surface area contributed by atoms with E-state index >= 15 is 0 Å². The zero-order valence-electron chi connectivity index (χ0n) is 14.1. The third kappa shape index (κ3) is 3.61. The number of carbonyl (C=O) groups is 2. The van der Waals surface area contributed by atoms with E-state index in [9.17, 15) is 35.9 Å². The number of hydrogen-bond donors (Lipinski definition) is 0. The van der Waals surface area contributed by atoms with Crippen LogP contribution >= 0.6 is 0 Å². The molecule has 0 amide bonds. The fourth-order valence-electron chi connectivity index (χ4n) is 3.23. The predicted octanol–water partition coefficient (Wildman–Crippen LogP) is 4.58.